The summed E-state index contributed by atoms with van der Waals surface area (Å²) >= 11 is 0. The van der Waals surface area contributed by atoms with Crippen LogP contribution >= 0.6 is 0 Å². The Hall–Kier alpha value is -0.0800. The van der Waals surface area contributed by atoms with Crippen molar-refractivity contribution < 1.29 is 0 Å². The Labute approximate surface area is 115 Å². The van der Waals surface area contributed by atoms with Crippen LogP contribution in [0, 0.1) is 5.41 Å². The van der Waals surface area contributed by atoms with Crippen molar-refractivity contribution in [3.8, 4) is 0 Å². The Bertz CT molecular complexity index is 168. The van der Waals surface area contributed by atoms with Crippen LogP contribution in [0.15, 0.2) is 0 Å². The fraction of sp³-hybridized carbons (Fsp3) is 1.00. The maximum absolute atomic E-state index is 6.27. The van der Waals surface area contributed by atoms with Gasteiger partial charge in [-0.25, -0.2) is 0 Å². The molecule has 0 radical (unpaired) electrons. The smallest absolute Gasteiger partial charge is 0.0599 e. The van der Waals surface area contributed by atoms with E-state index in [1.807, 2.05) is 7.05 Å². The van der Waals surface area contributed by atoms with E-state index in [9.17, 15) is 0 Å². The van der Waals surface area contributed by atoms with Gasteiger partial charge < -0.3 is 11.1 Å². The molecule has 0 saturated heterocycles. The van der Waals surface area contributed by atoms with Crippen molar-refractivity contribution in [1.82, 2.24) is 5.32 Å². The van der Waals surface area contributed by atoms with Gasteiger partial charge in [0, 0.05) is 0 Å². The summed E-state index contributed by atoms with van der Waals surface area (Å²) in [6, 6.07) is 0. The molecule has 0 aromatic heterocycles. The molecule has 0 amide bonds. The average molecular weight is 256 g/mol. The first-order valence-corrected chi connectivity index (χ1v) is 8.03. The van der Waals surface area contributed by atoms with Gasteiger partial charge in [0.2, 0.25) is 0 Å². The Morgan fingerprint density at radius 1 is 0.889 bits per heavy atom. The molecule has 2 nitrogen and oxygen atoms in total. The molecule has 0 aromatic rings. The third-order valence-corrected chi connectivity index (χ3v) is 4.26. The molecule has 0 heterocycles. The predicted octanol–water partition coefficient (Wildman–Crippen LogP) is 4.44. The number of rotatable bonds is 12. The molecule has 1 unspecified atom stereocenters. The molecule has 0 bridgehead atoms. The fourth-order valence-corrected chi connectivity index (χ4v) is 2.70. The van der Waals surface area contributed by atoms with Crippen LogP contribution in [0.2, 0.25) is 0 Å². The van der Waals surface area contributed by atoms with Crippen molar-refractivity contribution >= 4 is 0 Å². The number of nitrogens with one attached hydrogen (secondary N) is 1. The van der Waals surface area contributed by atoms with Crippen molar-refractivity contribution in [2.45, 2.75) is 91.1 Å². The van der Waals surface area contributed by atoms with Gasteiger partial charge in [-0.3, -0.25) is 0 Å². The Morgan fingerprint density at radius 3 is 1.67 bits per heavy atom. The number of nitrogens with two attached hydrogens (primary N) is 1. The summed E-state index contributed by atoms with van der Waals surface area (Å²) in [6.07, 6.45) is 13.4. The lowest BCUT2D eigenvalue weighted by Crippen LogP contribution is -2.48. The third kappa shape index (κ3) is 7.38. The van der Waals surface area contributed by atoms with Crippen LogP contribution in [-0.2, 0) is 0 Å². The molecular formula is C16H36N2. The topological polar surface area (TPSA) is 38.0 Å². The number of hydrogen-bond donors (Lipinski definition) is 2. The minimum absolute atomic E-state index is 0.140. The van der Waals surface area contributed by atoms with Gasteiger partial charge in [0.1, 0.15) is 0 Å². The Kier molecular flexibility index (Phi) is 10.8. The Morgan fingerprint density at radius 2 is 1.33 bits per heavy atom. The summed E-state index contributed by atoms with van der Waals surface area (Å²) in [5.41, 5.74) is 6.54. The van der Waals surface area contributed by atoms with Crippen molar-refractivity contribution in [2.24, 2.45) is 11.1 Å². The normalized spacial score (nSPS) is 13.8. The SMILES string of the molecule is CCCCCCC(C)(CCCCCC)C(N)NC. The largest absolute Gasteiger partial charge is 0.315 e. The summed E-state index contributed by atoms with van der Waals surface area (Å²) in [5, 5.41) is 3.27. The first kappa shape index (κ1) is 17.9. The highest BCUT2D eigenvalue weighted by Crippen LogP contribution is 2.33. The van der Waals surface area contributed by atoms with E-state index < -0.39 is 0 Å². The quantitative estimate of drug-likeness (QED) is 0.400. The lowest BCUT2D eigenvalue weighted by atomic mass is 9.77. The summed E-state index contributed by atoms with van der Waals surface area (Å²) in [4.78, 5) is 0. The van der Waals surface area contributed by atoms with Gasteiger partial charge in [0.25, 0.3) is 0 Å². The van der Waals surface area contributed by atoms with Gasteiger partial charge in [0.15, 0.2) is 0 Å². The van der Waals surface area contributed by atoms with Crippen LogP contribution in [0.25, 0.3) is 0 Å². The molecule has 3 N–H and O–H groups in total. The first-order valence-electron chi connectivity index (χ1n) is 8.03. The zero-order valence-electron chi connectivity index (χ0n) is 13.2. The summed E-state index contributed by atoms with van der Waals surface area (Å²) in [7, 11) is 1.99. The maximum atomic E-state index is 6.27. The maximum Gasteiger partial charge on any atom is 0.0599 e. The highest BCUT2D eigenvalue weighted by molar-refractivity contribution is 4.83. The van der Waals surface area contributed by atoms with E-state index in [0.717, 1.165) is 0 Å². The van der Waals surface area contributed by atoms with E-state index in [2.05, 4.69) is 26.1 Å². The minimum Gasteiger partial charge on any atom is -0.315 e. The van der Waals surface area contributed by atoms with E-state index in [4.69, 9.17) is 5.73 Å². The second-order valence-electron chi connectivity index (χ2n) is 6.04. The first-order chi connectivity index (χ1) is 8.60. The summed E-state index contributed by atoms with van der Waals surface area (Å²) in [5.74, 6) is 0. The molecule has 2 heteroatoms. The molecule has 0 aliphatic carbocycles. The van der Waals surface area contributed by atoms with Crippen molar-refractivity contribution in [3.63, 3.8) is 0 Å². The summed E-state index contributed by atoms with van der Waals surface area (Å²) in [6.45, 7) is 6.90. The highest BCUT2D eigenvalue weighted by atomic mass is 15.0. The van der Waals surface area contributed by atoms with Crippen LogP contribution in [0.4, 0.5) is 0 Å². The van der Waals surface area contributed by atoms with Crippen molar-refractivity contribution in [2.75, 3.05) is 7.05 Å². The molecule has 110 valence electrons. The van der Waals surface area contributed by atoms with E-state index in [1.165, 1.54) is 64.2 Å². The third-order valence-electron chi connectivity index (χ3n) is 4.26. The van der Waals surface area contributed by atoms with Gasteiger partial charge in [0.05, 0.1) is 6.17 Å². The van der Waals surface area contributed by atoms with E-state index in [0.29, 0.717) is 0 Å². The highest BCUT2D eigenvalue weighted by Gasteiger charge is 2.29. The lowest BCUT2D eigenvalue weighted by Gasteiger charge is -2.36. The summed E-state index contributed by atoms with van der Waals surface area (Å²) < 4.78 is 0. The van der Waals surface area contributed by atoms with E-state index >= 15 is 0 Å². The number of unbranched alkanes of at least 4 members (excludes halogenated alkanes) is 6. The van der Waals surface area contributed by atoms with E-state index in [1.54, 1.807) is 0 Å². The van der Waals surface area contributed by atoms with Crippen LogP contribution in [-0.4, -0.2) is 13.2 Å². The van der Waals surface area contributed by atoms with Crippen LogP contribution < -0.4 is 11.1 Å². The van der Waals surface area contributed by atoms with Crippen molar-refractivity contribution in [3.05, 3.63) is 0 Å². The molecule has 0 fully saturated rings. The zero-order valence-corrected chi connectivity index (χ0v) is 13.2. The standard InChI is InChI=1S/C16H36N2/c1-5-7-9-11-13-16(3,15(17)18-4)14-12-10-8-6-2/h15,18H,5-14,17H2,1-4H3. The molecule has 0 aliphatic heterocycles. The molecule has 0 rings (SSSR count). The fourth-order valence-electron chi connectivity index (χ4n) is 2.70. The lowest BCUT2D eigenvalue weighted by molar-refractivity contribution is 0.178. The monoisotopic (exact) mass is 256 g/mol. The van der Waals surface area contributed by atoms with E-state index in [-0.39, 0.29) is 11.6 Å². The molecule has 0 aliphatic rings. The molecule has 18 heavy (non-hydrogen) atoms. The Balaban J connectivity index is 4.07. The molecule has 0 aromatic carbocycles. The molecule has 1 atom stereocenters. The van der Waals surface area contributed by atoms with Crippen LogP contribution in [0.3, 0.4) is 0 Å². The second-order valence-corrected chi connectivity index (χ2v) is 6.04. The van der Waals surface area contributed by atoms with Gasteiger partial charge in [-0.15, -0.1) is 0 Å². The minimum atomic E-state index is 0.140. The predicted molar refractivity (Wildman–Crippen MR) is 82.7 cm³/mol. The molecule has 0 saturated carbocycles. The van der Waals surface area contributed by atoms with Gasteiger partial charge in [-0.05, 0) is 25.3 Å². The van der Waals surface area contributed by atoms with Crippen LogP contribution in [0.5, 0.6) is 0 Å². The second kappa shape index (κ2) is 10.8. The van der Waals surface area contributed by atoms with Crippen LogP contribution in [0.1, 0.15) is 85.0 Å². The molecular weight excluding hydrogens is 220 g/mol. The van der Waals surface area contributed by atoms with Gasteiger partial charge in [-0.2, -0.15) is 0 Å². The van der Waals surface area contributed by atoms with Gasteiger partial charge >= 0.3 is 0 Å². The number of hydrogen-bond acceptors (Lipinski definition) is 2. The molecule has 0 spiro atoms. The average Bonchev–Trinajstić information content (AvgIpc) is 2.39. The zero-order chi connectivity index (χ0) is 13.9. The van der Waals surface area contributed by atoms with Gasteiger partial charge in [-0.1, -0.05) is 72.1 Å². The van der Waals surface area contributed by atoms with Crippen molar-refractivity contribution in [1.29, 1.82) is 0 Å².